The zero-order valence-electron chi connectivity index (χ0n) is 33.2. The van der Waals surface area contributed by atoms with Crippen molar-refractivity contribution in [1.29, 1.82) is 0 Å². The van der Waals surface area contributed by atoms with Crippen molar-refractivity contribution in [3.8, 4) is 0 Å². The first-order valence-electron chi connectivity index (χ1n) is 20.4. The van der Waals surface area contributed by atoms with E-state index in [0.717, 1.165) is 0 Å². The Balaban J connectivity index is 0.000000154. The van der Waals surface area contributed by atoms with Crippen LogP contribution in [0.15, 0.2) is 267 Å². The second-order valence-corrected chi connectivity index (χ2v) is 19.5. The molecule has 2 heterocycles. The number of hydrogen-bond donors (Lipinski definition) is 0. The Labute approximate surface area is 367 Å². The average Bonchev–Trinajstić information content (AvgIpc) is 3.36. The van der Waals surface area contributed by atoms with Crippen molar-refractivity contribution < 1.29 is 0 Å². The van der Waals surface area contributed by atoms with E-state index in [4.69, 9.17) is 0 Å². The molecule has 8 aromatic carbocycles. The van der Waals surface area contributed by atoms with Crippen molar-refractivity contribution in [1.82, 2.24) is 0 Å². The van der Waals surface area contributed by atoms with Gasteiger partial charge < -0.3 is 0 Å². The molecule has 0 N–H and O–H groups in total. The Morgan fingerprint density at radius 1 is 0.200 bits per heavy atom. The molecular formula is C58H44Se2. The Morgan fingerprint density at radius 3 is 0.550 bits per heavy atom. The minimum absolute atomic E-state index is 0.232. The molecule has 0 aliphatic carbocycles. The van der Waals surface area contributed by atoms with Crippen LogP contribution in [0.1, 0.15) is 44.5 Å². The summed E-state index contributed by atoms with van der Waals surface area (Å²) in [5.74, 6) is 0. The van der Waals surface area contributed by atoms with Crippen LogP contribution in [0.25, 0.3) is 17.9 Å². The summed E-state index contributed by atoms with van der Waals surface area (Å²) in [4.78, 5) is 0. The third-order valence-electron chi connectivity index (χ3n) is 11.1. The van der Waals surface area contributed by atoms with Gasteiger partial charge >= 0.3 is 370 Å². The molecule has 2 aliphatic rings. The van der Waals surface area contributed by atoms with Crippen LogP contribution in [-0.2, 0) is 10.8 Å². The molecule has 0 unspecified atom stereocenters. The number of hydrogen-bond acceptors (Lipinski definition) is 0. The molecule has 2 heteroatoms. The van der Waals surface area contributed by atoms with Gasteiger partial charge in [-0.2, -0.15) is 0 Å². The van der Waals surface area contributed by atoms with Crippen molar-refractivity contribution in [2.24, 2.45) is 0 Å². The maximum absolute atomic E-state index is 2.50. The fourth-order valence-electron chi connectivity index (χ4n) is 8.10. The van der Waals surface area contributed by atoms with Crippen LogP contribution in [0.4, 0.5) is 0 Å². The molecule has 10 rings (SSSR count). The third-order valence-corrected chi connectivity index (χ3v) is 15.9. The molecule has 0 spiro atoms. The second-order valence-electron chi connectivity index (χ2n) is 14.9. The fourth-order valence-corrected chi connectivity index (χ4v) is 13.3. The van der Waals surface area contributed by atoms with Gasteiger partial charge in [-0.05, 0) is 0 Å². The normalized spacial score (nSPS) is 15.2. The van der Waals surface area contributed by atoms with Gasteiger partial charge in [0.05, 0.1) is 0 Å². The molecule has 288 valence electrons. The van der Waals surface area contributed by atoms with Gasteiger partial charge in [0.25, 0.3) is 0 Å². The van der Waals surface area contributed by atoms with E-state index >= 15 is 0 Å². The van der Waals surface area contributed by atoms with Gasteiger partial charge in [-0.3, -0.25) is 0 Å². The summed E-state index contributed by atoms with van der Waals surface area (Å²) in [6.07, 6.45) is 10.00. The van der Waals surface area contributed by atoms with Gasteiger partial charge in [0.15, 0.2) is 0 Å². The van der Waals surface area contributed by atoms with E-state index in [2.05, 4.69) is 267 Å². The van der Waals surface area contributed by atoms with Gasteiger partial charge in [-0.15, -0.1) is 0 Å². The summed E-state index contributed by atoms with van der Waals surface area (Å²) < 4.78 is 5.71. The SMILES string of the molecule is C1=C(c2ccccc2)[Se]C(c2ccccc2)=CC1(c1ccccc1)c1ccccc1.C1=C(c2ccccc2)[Se]C(c2ccccc2)=CC1(c1ccccc1)c1ccccc1. The summed E-state index contributed by atoms with van der Waals surface area (Å²) in [6.45, 7) is 0. The number of benzene rings is 8. The van der Waals surface area contributed by atoms with E-state index in [1.807, 2.05) is 0 Å². The Hall–Kier alpha value is -6.24. The van der Waals surface area contributed by atoms with Gasteiger partial charge in [-0.1, -0.05) is 0 Å². The molecule has 2 aliphatic heterocycles. The quantitative estimate of drug-likeness (QED) is 0.133. The monoisotopic (exact) mass is 900 g/mol. The first-order chi connectivity index (χ1) is 29.7. The molecule has 0 saturated heterocycles. The summed E-state index contributed by atoms with van der Waals surface area (Å²) in [5, 5.41) is 0. The molecule has 0 aromatic heterocycles. The Kier molecular flexibility index (Phi) is 12.0. The second kappa shape index (κ2) is 18.4. The van der Waals surface area contributed by atoms with Crippen LogP contribution < -0.4 is 0 Å². The van der Waals surface area contributed by atoms with Gasteiger partial charge in [-0.25, -0.2) is 0 Å². The predicted molar refractivity (Wildman–Crippen MR) is 257 cm³/mol. The molecule has 0 atom stereocenters. The minimum atomic E-state index is -0.293. The summed E-state index contributed by atoms with van der Waals surface area (Å²) in [6, 6.07) is 87.0. The molecular weight excluding hydrogens is 855 g/mol. The van der Waals surface area contributed by atoms with Crippen LogP contribution in [0.3, 0.4) is 0 Å². The Morgan fingerprint density at radius 2 is 0.367 bits per heavy atom. The van der Waals surface area contributed by atoms with E-state index in [1.54, 1.807) is 0 Å². The summed E-state index contributed by atoms with van der Waals surface area (Å²) >= 11 is 0.464. The van der Waals surface area contributed by atoms with Gasteiger partial charge in [0.1, 0.15) is 0 Å². The molecule has 0 nitrogen and oxygen atoms in total. The molecule has 0 saturated carbocycles. The van der Waals surface area contributed by atoms with Gasteiger partial charge in [0, 0.05) is 0 Å². The molecule has 8 aromatic rings. The fraction of sp³-hybridized carbons (Fsp3) is 0.0345. The van der Waals surface area contributed by atoms with E-state index in [9.17, 15) is 0 Å². The van der Waals surface area contributed by atoms with Crippen LogP contribution in [0.2, 0.25) is 0 Å². The van der Waals surface area contributed by atoms with Crippen LogP contribution in [0, 0.1) is 0 Å². The first kappa shape index (κ1) is 39.2. The summed E-state index contributed by atoms with van der Waals surface area (Å²) in [5.41, 5.74) is 9.87. The van der Waals surface area contributed by atoms with Crippen molar-refractivity contribution >= 4 is 47.8 Å². The van der Waals surface area contributed by atoms with E-state index in [0.29, 0.717) is 0 Å². The third kappa shape index (κ3) is 8.43. The van der Waals surface area contributed by atoms with E-state index < -0.39 is 0 Å². The van der Waals surface area contributed by atoms with Crippen molar-refractivity contribution in [2.75, 3.05) is 0 Å². The average molecular weight is 899 g/mol. The topological polar surface area (TPSA) is 0 Å². The zero-order valence-corrected chi connectivity index (χ0v) is 36.6. The summed E-state index contributed by atoms with van der Waals surface area (Å²) in [7, 11) is 0. The van der Waals surface area contributed by atoms with E-state index in [-0.39, 0.29) is 40.7 Å². The van der Waals surface area contributed by atoms with Crippen molar-refractivity contribution in [3.05, 3.63) is 311 Å². The standard InChI is InChI=1S/2C29H22Se/c2*1-5-13-23(14-6-1)27-21-29(25-17-9-3-10-18-25,26-19-11-4-12-20-26)22-28(30-27)24-15-7-2-8-16-24/h2*1-22H. The molecule has 60 heavy (non-hydrogen) atoms. The Bertz CT molecular complexity index is 2350. The predicted octanol–water partition coefficient (Wildman–Crippen LogP) is 13.5. The molecule has 0 amide bonds. The van der Waals surface area contributed by atoms with Crippen LogP contribution >= 0.6 is 0 Å². The number of rotatable bonds is 8. The molecule has 0 fully saturated rings. The number of allylic oxidation sites excluding steroid dienone is 4. The van der Waals surface area contributed by atoms with Crippen molar-refractivity contribution in [2.45, 2.75) is 10.8 Å². The zero-order chi connectivity index (χ0) is 40.5. The molecule has 0 bridgehead atoms. The van der Waals surface area contributed by atoms with Crippen molar-refractivity contribution in [3.63, 3.8) is 0 Å². The molecule has 0 radical (unpaired) electrons. The maximum atomic E-state index is 2.50. The van der Waals surface area contributed by atoms with Crippen LogP contribution in [0.5, 0.6) is 0 Å². The van der Waals surface area contributed by atoms with Crippen LogP contribution in [-0.4, -0.2) is 29.9 Å². The first-order valence-corrected chi connectivity index (χ1v) is 23.8. The van der Waals surface area contributed by atoms with Gasteiger partial charge in [0.2, 0.25) is 0 Å². The van der Waals surface area contributed by atoms with E-state index in [1.165, 1.54) is 62.4 Å².